The molecule has 0 aromatic heterocycles. The molecular weight excluding hydrogens is 404 g/mol. The highest BCUT2D eigenvalue weighted by molar-refractivity contribution is 6.29. The molecule has 1 fully saturated rings. The van der Waals surface area contributed by atoms with Crippen LogP contribution in [0.1, 0.15) is 31.2 Å². The maximum absolute atomic E-state index is 13.1. The van der Waals surface area contributed by atoms with Gasteiger partial charge in [-0.2, -0.15) is 0 Å². The summed E-state index contributed by atoms with van der Waals surface area (Å²) in [5, 5.41) is 0. The van der Waals surface area contributed by atoms with Crippen molar-refractivity contribution >= 4 is 23.5 Å². The van der Waals surface area contributed by atoms with E-state index in [1.54, 1.807) is 0 Å². The van der Waals surface area contributed by atoms with E-state index in [1.165, 1.54) is 19.8 Å². The number of imide groups is 2. The molecule has 4 amide bonds. The summed E-state index contributed by atoms with van der Waals surface area (Å²) in [4.78, 5) is 45.1. The zero-order valence-electron chi connectivity index (χ0n) is 19.2. The van der Waals surface area contributed by atoms with E-state index in [1.807, 2.05) is 24.3 Å². The van der Waals surface area contributed by atoms with Gasteiger partial charge in [-0.05, 0) is 62.6 Å². The lowest BCUT2D eigenvalue weighted by atomic mass is 9.83. The highest BCUT2D eigenvalue weighted by atomic mass is 16.2. The van der Waals surface area contributed by atoms with Crippen molar-refractivity contribution < 1.29 is 14.4 Å². The molecule has 3 aliphatic rings. The van der Waals surface area contributed by atoms with E-state index >= 15 is 0 Å². The summed E-state index contributed by atoms with van der Waals surface area (Å²) in [5.41, 5.74) is 5.02. The van der Waals surface area contributed by atoms with E-state index in [2.05, 4.69) is 36.0 Å². The molecule has 0 saturated carbocycles. The monoisotopic (exact) mass is 434 g/mol. The Hall–Kier alpha value is -3.19. The van der Waals surface area contributed by atoms with Crippen molar-refractivity contribution in [3.05, 3.63) is 64.4 Å². The standard InChI is InChI=1S/C25H30N4O3/c1-26(2)14-15-29-20-13-9-8-12-18(20)19(16-21(29)17-10-6-5-7-11-17)22-23(30)27(3)25(32)28(4)24(22)31/h5-7,10-11,16H,8-9,12-15H2,1-4H3. The third-order valence-electron chi connectivity index (χ3n) is 6.38. The molecule has 2 aliphatic heterocycles. The molecule has 1 aliphatic carbocycles. The minimum atomic E-state index is -0.599. The number of benzene rings is 1. The van der Waals surface area contributed by atoms with Gasteiger partial charge in [0.15, 0.2) is 0 Å². The molecule has 0 bridgehead atoms. The number of carbonyl (C=O) groups is 3. The van der Waals surface area contributed by atoms with Crippen LogP contribution in [-0.4, -0.2) is 78.7 Å². The summed E-state index contributed by atoms with van der Waals surface area (Å²) in [5.74, 6) is -1.06. The van der Waals surface area contributed by atoms with E-state index in [0.717, 1.165) is 65.4 Å². The molecule has 1 aromatic carbocycles. The normalized spacial score (nSPS) is 19.8. The first kappa shape index (κ1) is 22.0. The summed E-state index contributed by atoms with van der Waals surface area (Å²) in [6.07, 6.45) is 5.78. The molecule has 0 unspecified atom stereocenters. The van der Waals surface area contributed by atoms with E-state index in [-0.39, 0.29) is 5.57 Å². The van der Waals surface area contributed by atoms with Crippen LogP contribution in [0, 0.1) is 0 Å². The van der Waals surface area contributed by atoms with Crippen molar-refractivity contribution in [2.75, 3.05) is 41.3 Å². The molecule has 0 atom stereocenters. The first-order valence-electron chi connectivity index (χ1n) is 11.1. The summed E-state index contributed by atoms with van der Waals surface area (Å²) in [6.45, 7) is 1.69. The SMILES string of the molecule is CN(C)CCN1C(c2ccccc2)=CC(=C2C(=O)N(C)C(=O)N(C)C2=O)C2=C1CCCC2. The van der Waals surface area contributed by atoms with Gasteiger partial charge >= 0.3 is 6.03 Å². The molecule has 0 radical (unpaired) electrons. The van der Waals surface area contributed by atoms with Gasteiger partial charge in [0.05, 0.1) is 0 Å². The Kier molecular flexibility index (Phi) is 6.02. The third-order valence-corrected chi connectivity index (χ3v) is 6.38. The smallest absolute Gasteiger partial charge is 0.333 e. The molecule has 1 aromatic rings. The molecule has 0 spiro atoms. The van der Waals surface area contributed by atoms with Crippen LogP contribution in [-0.2, 0) is 9.59 Å². The van der Waals surface area contributed by atoms with Crippen LogP contribution in [0.2, 0.25) is 0 Å². The lowest BCUT2D eigenvalue weighted by molar-refractivity contribution is -0.134. The van der Waals surface area contributed by atoms with Crippen molar-refractivity contribution in [2.24, 2.45) is 0 Å². The number of urea groups is 1. The quantitative estimate of drug-likeness (QED) is 0.538. The number of hydrogen-bond acceptors (Lipinski definition) is 5. The van der Waals surface area contributed by atoms with E-state index in [9.17, 15) is 14.4 Å². The van der Waals surface area contributed by atoms with Gasteiger partial charge in [-0.3, -0.25) is 19.4 Å². The van der Waals surface area contributed by atoms with Crippen molar-refractivity contribution in [2.45, 2.75) is 25.7 Å². The first-order valence-corrected chi connectivity index (χ1v) is 11.1. The Bertz CT molecular complexity index is 1030. The van der Waals surface area contributed by atoms with Crippen LogP contribution in [0.5, 0.6) is 0 Å². The van der Waals surface area contributed by atoms with Gasteiger partial charge in [-0.15, -0.1) is 0 Å². The van der Waals surface area contributed by atoms with E-state index < -0.39 is 17.8 Å². The largest absolute Gasteiger partial charge is 0.343 e. The van der Waals surface area contributed by atoms with Gasteiger partial charge in [0.25, 0.3) is 11.8 Å². The number of nitrogens with zero attached hydrogens (tertiary/aromatic N) is 4. The number of rotatable bonds is 4. The third kappa shape index (κ3) is 3.77. The van der Waals surface area contributed by atoms with Crippen LogP contribution < -0.4 is 0 Å². The summed E-state index contributed by atoms with van der Waals surface area (Å²) in [6, 6.07) is 9.47. The molecule has 2 heterocycles. The van der Waals surface area contributed by atoms with Crippen LogP contribution >= 0.6 is 0 Å². The number of likely N-dealkylation sites (N-methyl/N-ethyl adjacent to an activating group) is 3. The molecule has 32 heavy (non-hydrogen) atoms. The number of barbiturate groups is 1. The van der Waals surface area contributed by atoms with Crippen LogP contribution in [0.4, 0.5) is 4.79 Å². The van der Waals surface area contributed by atoms with Gasteiger partial charge < -0.3 is 9.80 Å². The number of amides is 4. The van der Waals surface area contributed by atoms with Crippen molar-refractivity contribution in [1.82, 2.24) is 19.6 Å². The second-order valence-electron chi connectivity index (χ2n) is 8.78. The number of carbonyl (C=O) groups excluding carboxylic acids is 3. The molecule has 168 valence electrons. The first-order chi connectivity index (χ1) is 15.3. The van der Waals surface area contributed by atoms with Gasteiger partial charge in [0.1, 0.15) is 5.57 Å². The summed E-state index contributed by atoms with van der Waals surface area (Å²) < 4.78 is 0. The maximum Gasteiger partial charge on any atom is 0.333 e. The van der Waals surface area contributed by atoms with Gasteiger partial charge in [0.2, 0.25) is 0 Å². The van der Waals surface area contributed by atoms with Crippen molar-refractivity contribution in [1.29, 1.82) is 0 Å². The van der Waals surface area contributed by atoms with Gasteiger partial charge in [0, 0.05) is 38.6 Å². The zero-order valence-corrected chi connectivity index (χ0v) is 19.2. The molecule has 0 N–H and O–H groups in total. The summed E-state index contributed by atoms with van der Waals surface area (Å²) in [7, 11) is 6.97. The fourth-order valence-electron chi connectivity index (χ4n) is 4.61. The van der Waals surface area contributed by atoms with Crippen molar-refractivity contribution in [3.8, 4) is 0 Å². The second-order valence-corrected chi connectivity index (χ2v) is 8.78. The van der Waals surface area contributed by atoms with E-state index in [4.69, 9.17) is 0 Å². The Balaban J connectivity index is 1.94. The molecular formula is C25H30N4O3. The topological polar surface area (TPSA) is 64.2 Å². The lowest BCUT2D eigenvalue weighted by Gasteiger charge is -2.40. The molecule has 7 nitrogen and oxygen atoms in total. The zero-order chi connectivity index (χ0) is 23.0. The highest BCUT2D eigenvalue weighted by Crippen LogP contribution is 2.43. The highest BCUT2D eigenvalue weighted by Gasteiger charge is 2.41. The molecule has 4 rings (SSSR count). The average Bonchev–Trinajstić information content (AvgIpc) is 2.81. The molecule has 1 saturated heterocycles. The minimum Gasteiger partial charge on any atom is -0.343 e. The Morgan fingerprint density at radius 1 is 0.906 bits per heavy atom. The summed E-state index contributed by atoms with van der Waals surface area (Å²) >= 11 is 0. The number of hydrogen-bond donors (Lipinski definition) is 0. The van der Waals surface area contributed by atoms with Crippen LogP contribution in [0.15, 0.2) is 58.8 Å². The van der Waals surface area contributed by atoms with Crippen molar-refractivity contribution in [3.63, 3.8) is 0 Å². The number of allylic oxidation sites excluding steroid dienone is 4. The predicted octanol–water partition coefficient (Wildman–Crippen LogP) is 3.08. The lowest BCUT2D eigenvalue weighted by Crippen LogP contribution is -2.53. The predicted molar refractivity (Wildman–Crippen MR) is 123 cm³/mol. The minimum absolute atomic E-state index is 0.0877. The van der Waals surface area contributed by atoms with Gasteiger partial charge in [-0.25, -0.2) is 4.79 Å². The second kappa shape index (κ2) is 8.74. The van der Waals surface area contributed by atoms with Gasteiger partial charge in [-0.1, -0.05) is 30.3 Å². The Morgan fingerprint density at radius 3 is 2.16 bits per heavy atom. The van der Waals surface area contributed by atoms with Crippen LogP contribution in [0.3, 0.4) is 0 Å². The average molecular weight is 435 g/mol. The van der Waals surface area contributed by atoms with Crippen LogP contribution in [0.25, 0.3) is 5.70 Å². The fourth-order valence-corrected chi connectivity index (χ4v) is 4.61. The Labute approximate surface area is 189 Å². The fraction of sp³-hybridized carbons (Fsp3) is 0.400. The molecule has 7 heteroatoms. The Morgan fingerprint density at radius 2 is 1.53 bits per heavy atom. The van der Waals surface area contributed by atoms with E-state index in [0.29, 0.717) is 5.57 Å². The maximum atomic E-state index is 13.1.